The number of fused-ring (bicyclic) bond motifs is 1. The van der Waals surface area contributed by atoms with Gasteiger partial charge in [-0.1, -0.05) is 36.4 Å². The van der Waals surface area contributed by atoms with E-state index in [-0.39, 0.29) is 30.1 Å². The minimum absolute atomic E-state index is 0.0612. The van der Waals surface area contributed by atoms with E-state index in [9.17, 15) is 9.59 Å². The molecule has 2 amide bonds. The fraction of sp³-hybridized carbons (Fsp3) is 0.333. The summed E-state index contributed by atoms with van der Waals surface area (Å²) >= 11 is 0. The van der Waals surface area contributed by atoms with Crippen LogP contribution >= 0.6 is 0 Å². The third kappa shape index (κ3) is 3.31. The maximum Gasteiger partial charge on any atom is 0.494 e. The Morgan fingerprint density at radius 1 is 1.04 bits per heavy atom. The second-order valence-electron chi connectivity index (χ2n) is 7.80. The van der Waals surface area contributed by atoms with Crippen LogP contribution in [0, 0.1) is 0 Å². The molecule has 2 aromatic rings. The molecule has 0 bridgehead atoms. The van der Waals surface area contributed by atoms with Gasteiger partial charge in [0.25, 0.3) is 11.8 Å². The zero-order chi connectivity index (χ0) is 19.2. The van der Waals surface area contributed by atoms with E-state index in [0.29, 0.717) is 11.1 Å². The number of hydrogen-bond donors (Lipinski definition) is 0. The molecule has 6 heteroatoms. The molecule has 0 spiro atoms. The molecule has 2 heterocycles. The van der Waals surface area contributed by atoms with Gasteiger partial charge in [0.05, 0.1) is 23.3 Å². The molecule has 27 heavy (non-hydrogen) atoms. The van der Waals surface area contributed by atoms with Crippen molar-refractivity contribution in [3.8, 4) is 0 Å². The molecule has 0 aliphatic carbocycles. The molecular formula is C21H22BNO4. The molecule has 2 aromatic carbocycles. The molecule has 1 saturated heterocycles. The summed E-state index contributed by atoms with van der Waals surface area (Å²) in [6.45, 7) is 6.32. The van der Waals surface area contributed by atoms with Crippen LogP contribution in [0.1, 0.15) is 53.5 Å². The van der Waals surface area contributed by atoms with Crippen molar-refractivity contribution in [3.63, 3.8) is 0 Å². The van der Waals surface area contributed by atoms with Crippen LogP contribution < -0.4 is 5.46 Å². The number of amides is 2. The summed E-state index contributed by atoms with van der Waals surface area (Å²) in [6.07, 6.45) is 0.871. The van der Waals surface area contributed by atoms with Crippen LogP contribution in [0.3, 0.4) is 0 Å². The van der Waals surface area contributed by atoms with E-state index in [2.05, 4.69) is 0 Å². The van der Waals surface area contributed by atoms with Crippen LogP contribution in [0.25, 0.3) is 0 Å². The number of carbonyl (C=O) groups excluding carboxylic acids is 2. The summed E-state index contributed by atoms with van der Waals surface area (Å²) in [5.74, 6) is -0.519. The average Bonchev–Trinajstić information content (AvgIpc) is 2.86. The summed E-state index contributed by atoms with van der Waals surface area (Å²) in [7, 11) is -0.518. The van der Waals surface area contributed by atoms with Crippen LogP contribution in [0.15, 0.2) is 48.5 Å². The van der Waals surface area contributed by atoms with Crippen molar-refractivity contribution >= 4 is 24.4 Å². The van der Waals surface area contributed by atoms with Crippen molar-refractivity contribution < 1.29 is 18.9 Å². The third-order valence-electron chi connectivity index (χ3n) is 5.08. The first-order valence-corrected chi connectivity index (χ1v) is 9.22. The van der Waals surface area contributed by atoms with Crippen molar-refractivity contribution in [2.75, 3.05) is 0 Å². The number of hydrogen-bond acceptors (Lipinski definition) is 4. The SMILES string of the molecule is C[C@H]1CC(C)(C)OB(c2ccccc2CN2C(=O)c3ccccc3C2=O)O1. The smallest absolute Gasteiger partial charge is 0.405 e. The molecule has 5 nitrogen and oxygen atoms in total. The molecule has 138 valence electrons. The number of nitrogens with zero attached hydrogens (tertiary/aromatic N) is 1. The van der Waals surface area contributed by atoms with Gasteiger partial charge in [-0.2, -0.15) is 0 Å². The van der Waals surface area contributed by atoms with E-state index in [1.807, 2.05) is 45.0 Å². The highest BCUT2D eigenvalue weighted by Crippen LogP contribution is 2.27. The van der Waals surface area contributed by atoms with Gasteiger partial charge in [-0.3, -0.25) is 14.5 Å². The van der Waals surface area contributed by atoms with Crippen LogP contribution in [-0.2, 0) is 15.9 Å². The largest absolute Gasteiger partial charge is 0.494 e. The maximum atomic E-state index is 12.7. The van der Waals surface area contributed by atoms with Crippen LogP contribution in [-0.4, -0.2) is 35.5 Å². The Kier molecular flexibility index (Phi) is 4.40. The molecule has 1 fully saturated rings. The van der Waals surface area contributed by atoms with E-state index in [0.717, 1.165) is 17.4 Å². The molecular weight excluding hydrogens is 341 g/mol. The molecule has 1 atom stereocenters. The van der Waals surface area contributed by atoms with Gasteiger partial charge in [0.2, 0.25) is 0 Å². The molecule has 0 saturated carbocycles. The van der Waals surface area contributed by atoms with Crippen molar-refractivity contribution in [2.45, 2.75) is 45.4 Å². The number of benzene rings is 2. The van der Waals surface area contributed by atoms with Crippen molar-refractivity contribution in [1.29, 1.82) is 0 Å². The van der Waals surface area contributed by atoms with Crippen molar-refractivity contribution in [3.05, 3.63) is 65.2 Å². The highest BCUT2D eigenvalue weighted by molar-refractivity contribution is 6.62. The minimum atomic E-state index is -0.518. The van der Waals surface area contributed by atoms with Gasteiger partial charge in [0, 0.05) is 6.10 Å². The minimum Gasteiger partial charge on any atom is -0.405 e. The van der Waals surface area contributed by atoms with E-state index in [4.69, 9.17) is 9.31 Å². The predicted octanol–water partition coefficient (Wildman–Crippen LogP) is 2.78. The quantitative estimate of drug-likeness (QED) is 0.622. The van der Waals surface area contributed by atoms with Gasteiger partial charge in [-0.15, -0.1) is 0 Å². The molecule has 2 aliphatic rings. The topological polar surface area (TPSA) is 55.8 Å². The van der Waals surface area contributed by atoms with Gasteiger partial charge in [0.15, 0.2) is 0 Å². The number of carbonyl (C=O) groups is 2. The van der Waals surface area contributed by atoms with E-state index in [1.165, 1.54) is 4.90 Å². The molecule has 0 radical (unpaired) electrons. The van der Waals surface area contributed by atoms with Gasteiger partial charge in [0.1, 0.15) is 0 Å². The second-order valence-corrected chi connectivity index (χ2v) is 7.80. The zero-order valence-corrected chi connectivity index (χ0v) is 15.8. The van der Waals surface area contributed by atoms with Crippen LogP contribution in [0.4, 0.5) is 0 Å². The Morgan fingerprint density at radius 3 is 2.26 bits per heavy atom. The Labute approximate surface area is 159 Å². The average molecular weight is 363 g/mol. The van der Waals surface area contributed by atoms with Crippen LogP contribution in [0.5, 0.6) is 0 Å². The lowest BCUT2D eigenvalue weighted by Gasteiger charge is -2.38. The number of imide groups is 1. The van der Waals surface area contributed by atoms with Gasteiger partial charge in [-0.25, -0.2) is 0 Å². The first kappa shape index (κ1) is 18.0. The normalized spacial score (nSPS) is 21.5. The Bertz CT molecular complexity index is 876. The predicted molar refractivity (Wildman–Crippen MR) is 103 cm³/mol. The molecule has 0 aromatic heterocycles. The monoisotopic (exact) mass is 363 g/mol. The standard InChI is InChI=1S/C21H22BNO4/c1-14-12-21(2,3)27-22(26-14)18-11-7-4-8-15(18)13-23-19(24)16-9-5-6-10-17(16)20(23)25/h4-11,14H,12-13H2,1-3H3/t14-/m0/s1. The lowest BCUT2D eigenvalue weighted by atomic mass is 9.72. The fourth-order valence-electron chi connectivity index (χ4n) is 3.92. The second kappa shape index (κ2) is 6.62. The third-order valence-corrected chi connectivity index (χ3v) is 5.08. The summed E-state index contributed by atoms with van der Waals surface area (Å²) < 4.78 is 12.2. The first-order valence-electron chi connectivity index (χ1n) is 9.22. The first-order chi connectivity index (χ1) is 12.9. The summed E-state index contributed by atoms with van der Waals surface area (Å²) in [5, 5.41) is 0. The van der Waals surface area contributed by atoms with Gasteiger partial charge in [-0.05, 0) is 50.4 Å². The van der Waals surface area contributed by atoms with Crippen molar-refractivity contribution in [2.24, 2.45) is 0 Å². The highest BCUT2D eigenvalue weighted by Gasteiger charge is 2.40. The lowest BCUT2D eigenvalue weighted by Crippen LogP contribution is -2.53. The Hall–Kier alpha value is -2.44. The maximum absolute atomic E-state index is 12.7. The Balaban J connectivity index is 1.63. The van der Waals surface area contributed by atoms with E-state index < -0.39 is 7.12 Å². The number of rotatable bonds is 3. The van der Waals surface area contributed by atoms with E-state index in [1.54, 1.807) is 24.3 Å². The molecule has 4 rings (SSSR count). The van der Waals surface area contributed by atoms with Gasteiger partial charge < -0.3 is 9.31 Å². The lowest BCUT2D eigenvalue weighted by molar-refractivity contribution is -0.0231. The van der Waals surface area contributed by atoms with Crippen LogP contribution in [0.2, 0.25) is 0 Å². The molecule has 0 unspecified atom stereocenters. The highest BCUT2D eigenvalue weighted by atomic mass is 16.6. The summed E-state index contributed by atoms with van der Waals surface area (Å²) in [4.78, 5) is 26.7. The molecule has 0 N–H and O–H groups in total. The summed E-state index contributed by atoms with van der Waals surface area (Å²) in [5.41, 5.74) is 2.32. The fourth-order valence-corrected chi connectivity index (χ4v) is 3.92. The summed E-state index contributed by atoms with van der Waals surface area (Å²) in [6, 6.07) is 14.6. The zero-order valence-electron chi connectivity index (χ0n) is 15.8. The molecule has 2 aliphatic heterocycles. The van der Waals surface area contributed by atoms with Crippen molar-refractivity contribution in [1.82, 2.24) is 4.90 Å². The van der Waals surface area contributed by atoms with E-state index >= 15 is 0 Å². The Morgan fingerprint density at radius 2 is 1.63 bits per heavy atom. The van der Waals surface area contributed by atoms with Gasteiger partial charge >= 0.3 is 7.12 Å².